The van der Waals surface area contributed by atoms with E-state index in [1.165, 1.54) is 11.3 Å². The number of aryl methyl sites for hydroxylation is 1. The molecule has 1 aromatic carbocycles. The Balaban J connectivity index is 1.83. The van der Waals surface area contributed by atoms with Crippen molar-refractivity contribution in [1.82, 2.24) is 15.0 Å². The fourth-order valence-electron chi connectivity index (χ4n) is 1.82. The minimum atomic E-state index is 0.403. The van der Waals surface area contributed by atoms with Gasteiger partial charge < -0.3 is 11.1 Å². The predicted octanol–water partition coefficient (Wildman–Crippen LogP) is 3.89. The fraction of sp³-hybridized carbons (Fsp3) is 0.0714. The van der Waals surface area contributed by atoms with Gasteiger partial charge in [-0.15, -0.1) is 0 Å². The third-order valence-electron chi connectivity index (χ3n) is 2.74. The van der Waals surface area contributed by atoms with Crippen LogP contribution in [0.5, 0.6) is 0 Å². The number of nitrogens with two attached hydrogens (primary N) is 1. The number of halogens is 1. The van der Waals surface area contributed by atoms with Crippen LogP contribution in [0.25, 0.3) is 10.4 Å². The summed E-state index contributed by atoms with van der Waals surface area (Å²) in [5.74, 6) is 1.24. The van der Waals surface area contributed by atoms with Gasteiger partial charge in [0, 0.05) is 18.0 Å². The molecule has 0 aliphatic heterocycles. The van der Waals surface area contributed by atoms with Crippen molar-refractivity contribution in [3.8, 4) is 10.4 Å². The van der Waals surface area contributed by atoms with Gasteiger partial charge in [0.2, 0.25) is 0 Å². The number of rotatable bonds is 3. The third-order valence-corrected chi connectivity index (χ3v) is 3.90. The predicted molar refractivity (Wildman–Crippen MR) is 87.0 cm³/mol. The van der Waals surface area contributed by atoms with Crippen LogP contribution in [0.4, 0.5) is 16.6 Å². The highest BCUT2D eigenvalue weighted by molar-refractivity contribution is 7.18. The molecule has 21 heavy (non-hydrogen) atoms. The van der Waals surface area contributed by atoms with E-state index in [1.54, 1.807) is 13.0 Å². The summed E-state index contributed by atoms with van der Waals surface area (Å²) in [6.45, 7) is 1.79. The summed E-state index contributed by atoms with van der Waals surface area (Å²) < 4.78 is 0. The van der Waals surface area contributed by atoms with Gasteiger partial charge >= 0.3 is 0 Å². The highest BCUT2D eigenvalue weighted by Gasteiger charge is 2.06. The molecule has 0 atom stereocenters. The van der Waals surface area contributed by atoms with Crippen molar-refractivity contribution < 1.29 is 0 Å². The highest BCUT2D eigenvalue weighted by Crippen LogP contribution is 2.30. The molecule has 0 saturated heterocycles. The van der Waals surface area contributed by atoms with Gasteiger partial charge in [0.25, 0.3) is 0 Å². The summed E-state index contributed by atoms with van der Waals surface area (Å²) in [5, 5.41) is 4.28. The first-order valence-corrected chi connectivity index (χ1v) is 7.39. The molecule has 5 nitrogen and oxygen atoms in total. The van der Waals surface area contributed by atoms with Crippen LogP contribution < -0.4 is 11.1 Å². The minimum Gasteiger partial charge on any atom is -0.399 e. The molecule has 3 rings (SSSR count). The summed E-state index contributed by atoms with van der Waals surface area (Å²) in [6, 6.07) is 9.35. The number of aromatic nitrogens is 3. The molecule has 0 unspecified atom stereocenters. The molecule has 2 aromatic heterocycles. The Morgan fingerprint density at radius 2 is 1.95 bits per heavy atom. The van der Waals surface area contributed by atoms with E-state index in [0.717, 1.165) is 21.3 Å². The van der Waals surface area contributed by atoms with Crippen molar-refractivity contribution in [2.24, 2.45) is 0 Å². The van der Waals surface area contributed by atoms with Gasteiger partial charge in [0.05, 0.1) is 4.88 Å². The van der Waals surface area contributed by atoms with Gasteiger partial charge in [-0.05, 0) is 24.6 Å². The Morgan fingerprint density at radius 1 is 1.19 bits per heavy atom. The Kier molecular flexibility index (Phi) is 3.72. The summed E-state index contributed by atoms with van der Waals surface area (Å²) in [6.07, 6.45) is 1.81. The molecule has 0 radical (unpaired) electrons. The molecule has 0 aliphatic carbocycles. The Bertz CT molecular complexity index is 749. The standard InChI is InChI=1S/C14H12ClN5S/c1-8-18-12(15)6-13(19-8)20-14-17-7-11(21-14)9-2-4-10(16)5-3-9/h2-7H,16H2,1H3,(H,17,18,19,20). The molecule has 0 aliphatic rings. The van der Waals surface area contributed by atoms with Gasteiger partial charge in [0.1, 0.15) is 16.8 Å². The lowest BCUT2D eigenvalue weighted by Gasteiger charge is -2.02. The van der Waals surface area contributed by atoms with E-state index in [4.69, 9.17) is 17.3 Å². The zero-order valence-electron chi connectivity index (χ0n) is 11.2. The van der Waals surface area contributed by atoms with E-state index in [-0.39, 0.29) is 0 Å². The van der Waals surface area contributed by atoms with E-state index in [0.29, 0.717) is 16.8 Å². The van der Waals surface area contributed by atoms with E-state index in [9.17, 15) is 0 Å². The number of nitrogens with one attached hydrogen (secondary N) is 1. The van der Waals surface area contributed by atoms with E-state index >= 15 is 0 Å². The molecule has 0 spiro atoms. The van der Waals surface area contributed by atoms with Crippen molar-refractivity contribution in [1.29, 1.82) is 0 Å². The molecule has 0 bridgehead atoms. The van der Waals surface area contributed by atoms with Crippen LogP contribution in [0.1, 0.15) is 5.82 Å². The molecule has 2 heterocycles. The van der Waals surface area contributed by atoms with Gasteiger partial charge in [-0.25, -0.2) is 15.0 Å². The van der Waals surface area contributed by atoms with Gasteiger partial charge in [-0.1, -0.05) is 35.1 Å². The van der Waals surface area contributed by atoms with Gasteiger partial charge in [-0.3, -0.25) is 0 Å². The Labute approximate surface area is 130 Å². The monoisotopic (exact) mass is 317 g/mol. The average Bonchev–Trinajstić information content (AvgIpc) is 2.87. The zero-order chi connectivity index (χ0) is 14.8. The van der Waals surface area contributed by atoms with Gasteiger partial charge in [0.15, 0.2) is 5.13 Å². The maximum atomic E-state index is 5.91. The SMILES string of the molecule is Cc1nc(Cl)cc(Nc2ncc(-c3ccc(N)cc3)s2)n1. The van der Waals surface area contributed by atoms with Crippen LogP contribution in [0.2, 0.25) is 5.15 Å². The summed E-state index contributed by atoms with van der Waals surface area (Å²) in [5.41, 5.74) is 7.51. The van der Waals surface area contributed by atoms with E-state index < -0.39 is 0 Å². The number of nitrogen functional groups attached to an aromatic ring is 1. The maximum absolute atomic E-state index is 5.91. The number of hydrogen-bond acceptors (Lipinski definition) is 6. The Morgan fingerprint density at radius 3 is 2.67 bits per heavy atom. The second-order valence-corrected chi connectivity index (χ2v) is 5.82. The van der Waals surface area contributed by atoms with Crippen molar-refractivity contribution in [2.45, 2.75) is 6.92 Å². The molecule has 0 fully saturated rings. The van der Waals surface area contributed by atoms with E-state index in [2.05, 4.69) is 20.3 Å². The van der Waals surface area contributed by atoms with Crippen LogP contribution in [-0.2, 0) is 0 Å². The van der Waals surface area contributed by atoms with Crippen LogP contribution in [0.3, 0.4) is 0 Å². The molecule has 0 saturated carbocycles. The number of hydrogen-bond donors (Lipinski definition) is 2. The first kappa shape index (κ1) is 13.8. The highest BCUT2D eigenvalue weighted by atomic mass is 35.5. The maximum Gasteiger partial charge on any atom is 0.188 e. The van der Waals surface area contributed by atoms with E-state index in [1.807, 2.05) is 30.5 Å². The summed E-state index contributed by atoms with van der Waals surface area (Å²) in [7, 11) is 0. The lowest BCUT2D eigenvalue weighted by molar-refractivity contribution is 1.06. The number of anilines is 3. The molecular weight excluding hydrogens is 306 g/mol. The fourth-order valence-corrected chi connectivity index (χ4v) is 2.87. The summed E-state index contributed by atoms with van der Waals surface area (Å²) >= 11 is 7.44. The van der Waals surface area contributed by atoms with Crippen molar-refractivity contribution in [3.05, 3.63) is 47.5 Å². The first-order chi connectivity index (χ1) is 10.1. The number of nitrogens with zero attached hydrogens (tertiary/aromatic N) is 3. The van der Waals surface area contributed by atoms with Crippen molar-refractivity contribution in [2.75, 3.05) is 11.1 Å². The lowest BCUT2D eigenvalue weighted by atomic mass is 10.2. The average molecular weight is 318 g/mol. The largest absolute Gasteiger partial charge is 0.399 e. The number of benzene rings is 1. The molecule has 7 heteroatoms. The lowest BCUT2D eigenvalue weighted by Crippen LogP contribution is -1.96. The second kappa shape index (κ2) is 5.67. The quantitative estimate of drug-likeness (QED) is 0.566. The smallest absolute Gasteiger partial charge is 0.188 e. The number of thiazole rings is 1. The van der Waals surface area contributed by atoms with Crippen molar-refractivity contribution in [3.63, 3.8) is 0 Å². The van der Waals surface area contributed by atoms with Gasteiger partial charge in [-0.2, -0.15) is 0 Å². The molecule has 3 aromatic rings. The third kappa shape index (κ3) is 3.29. The second-order valence-electron chi connectivity index (χ2n) is 4.40. The molecule has 0 amide bonds. The normalized spacial score (nSPS) is 10.6. The molecular formula is C14H12ClN5S. The molecule has 3 N–H and O–H groups in total. The van der Waals surface area contributed by atoms with Crippen LogP contribution in [-0.4, -0.2) is 15.0 Å². The zero-order valence-corrected chi connectivity index (χ0v) is 12.7. The van der Waals surface area contributed by atoms with Crippen LogP contribution >= 0.6 is 22.9 Å². The van der Waals surface area contributed by atoms with Crippen molar-refractivity contribution >= 4 is 39.6 Å². The Hall–Kier alpha value is -2.18. The summed E-state index contributed by atoms with van der Waals surface area (Å²) in [4.78, 5) is 13.7. The van der Waals surface area contributed by atoms with Crippen LogP contribution in [0, 0.1) is 6.92 Å². The molecule has 106 valence electrons. The minimum absolute atomic E-state index is 0.403. The topological polar surface area (TPSA) is 76.7 Å². The first-order valence-electron chi connectivity index (χ1n) is 6.20. The van der Waals surface area contributed by atoms with Crippen LogP contribution in [0.15, 0.2) is 36.5 Å².